The lowest BCUT2D eigenvalue weighted by atomic mass is 10.1. The lowest BCUT2D eigenvalue weighted by molar-refractivity contribution is -0.142. The van der Waals surface area contributed by atoms with Gasteiger partial charge in [-0.15, -0.1) is 0 Å². The van der Waals surface area contributed by atoms with Gasteiger partial charge in [0.15, 0.2) is 5.96 Å². The maximum atomic E-state index is 12.5. The molecule has 0 heterocycles. The lowest BCUT2D eigenvalue weighted by Crippen LogP contribution is -2.57. The predicted molar refractivity (Wildman–Crippen MR) is 119 cm³/mol. The van der Waals surface area contributed by atoms with Gasteiger partial charge in [0, 0.05) is 13.0 Å². The Morgan fingerprint density at radius 1 is 0.824 bits per heavy atom. The number of aliphatic carboxylic acids is 1. The molecule has 0 spiro atoms. The Morgan fingerprint density at radius 2 is 1.41 bits per heavy atom. The van der Waals surface area contributed by atoms with Crippen LogP contribution in [0, 0.1) is 0 Å². The molecule has 192 valence electrons. The van der Waals surface area contributed by atoms with Crippen LogP contribution in [-0.4, -0.2) is 77.3 Å². The number of carbonyl (C=O) groups is 6. The first-order valence-corrected chi connectivity index (χ1v) is 10.3. The van der Waals surface area contributed by atoms with E-state index < -0.39 is 66.1 Å². The summed E-state index contributed by atoms with van der Waals surface area (Å²) in [5, 5.41) is 15.9. The first-order valence-electron chi connectivity index (χ1n) is 10.3. The zero-order chi connectivity index (χ0) is 26.4. The molecule has 0 aliphatic rings. The minimum Gasteiger partial charge on any atom is -0.480 e. The number of aliphatic imine (C=N–C) groups is 1. The van der Waals surface area contributed by atoms with Crippen LogP contribution >= 0.6 is 0 Å². The van der Waals surface area contributed by atoms with Crippen molar-refractivity contribution in [3.63, 3.8) is 0 Å². The van der Waals surface area contributed by atoms with Gasteiger partial charge in [0.25, 0.3) is 0 Å². The van der Waals surface area contributed by atoms with Crippen LogP contribution in [0.2, 0.25) is 0 Å². The molecule has 14 N–H and O–H groups in total. The van der Waals surface area contributed by atoms with Crippen LogP contribution in [0.5, 0.6) is 0 Å². The highest BCUT2D eigenvalue weighted by Crippen LogP contribution is 2.01. The number of guanidine groups is 1. The van der Waals surface area contributed by atoms with E-state index in [0.717, 1.165) is 0 Å². The van der Waals surface area contributed by atoms with Crippen molar-refractivity contribution in [1.29, 1.82) is 0 Å². The summed E-state index contributed by atoms with van der Waals surface area (Å²) < 4.78 is 0. The Labute approximate surface area is 195 Å². The summed E-state index contributed by atoms with van der Waals surface area (Å²) in [7, 11) is 0. The normalized spacial score (nSPS) is 13.9. The molecule has 0 radical (unpaired) electrons. The molecule has 0 rings (SSSR count). The fourth-order valence-corrected chi connectivity index (χ4v) is 2.56. The van der Waals surface area contributed by atoms with Crippen LogP contribution in [0.4, 0.5) is 0 Å². The van der Waals surface area contributed by atoms with Crippen molar-refractivity contribution in [3.8, 4) is 0 Å². The van der Waals surface area contributed by atoms with Crippen molar-refractivity contribution in [2.45, 2.75) is 63.2 Å². The second kappa shape index (κ2) is 15.0. The molecule has 0 aromatic heterocycles. The SMILES string of the molecule is CC(NC(=O)C(CC(N)=O)NC(=O)C(N)CCCN=C(N)N)C(=O)NC(CCC(N)=O)C(=O)O. The quantitative estimate of drug-likeness (QED) is 0.0567. The van der Waals surface area contributed by atoms with Gasteiger partial charge in [0.2, 0.25) is 29.5 Å². The van der Waals surface area contributed by atoms with Gasteiger partial charge in [-0.3, -0.25) is 29.0 Å². The molecular formula is C18H33N9O7. The maximum absolute atomic E-state index is 12.5. The number of hydrogen-bond donors (Lipinski definition) is 9. The van der Waals surface area contributed by atoms with Gasteiger partial charge < -0.3 is 49.7 Å². The van der Waals surface area contributed by atoms with Gasteiger partial charge >= 0.3 is 5.97 Å². The average Bonchev–Trinajstić information content (AvgIpc) is 2.72. The summed E-state index contributed by atoms with van der Waals surface area (Å²) in [5.41, 5.74) is 26.3. The lowest BCUT2D eigenvalue weighted by Gasteiger charge is -2.23. The zero-order valence-electron chi connectivity index (χ0n) is 18.8. The molecule has 16 nitrogen and oxygen atoms in total. The molecule has 0 aliphatic carbocycles. The molecule has 34 heavy (non-hydrogen) atoms. The van der Waals surface area contributed by atoms with Gasteiger partial charge in [0.1, 0.15) is 18.1 Å². The van der Waals surface area contributed by atoms with Crippen molar-refractivity contribution in [2.24, 2.45) is 33.7 Å². The Bertz CT molecular complexity index is 799. The zero-order valence-corrected chi connectivity index (χ0v) is 18.8. The number of carboxylic acids is 1. The van der Waals surface area contributed by atoms with Gasteiger partial charge in [-0.05, 0) is 26.2 Å². The highest BCUT2D eigenvalue weighted by Gasteiger charge is 2.29. The van der Waals surface area contributed by atoms with Crippen molar-refractivity contribution in [1.82, 2.24) is 16.0 Å². The number of rotatable bonds is 16. The van der Waals surface area contributed by atoms with E-state index in [1.54, 1.807) is 0 Å². The predicted octanol–water partition coefficient (Wildman–Crippen LogP) is -4.93. The molecule has 0 bridgehead atoms. The van der Waals surface area contributed by atoms with E-state index in [2.05, 4.69) is 20.9 Å². The van der Waals surface area contributed by atoms with Crippen LogP contribution in [0.15, 0.2) is 4.99 Å². The van der Waals surface area contributed by atoms with E-state index in [1.165, 1.54) is 6.92 Å². The largest absolute Gasteiger partial charge is 0.480 e. The van der Waals surface area contributed by atoms with E-state index in [4.69, 9.17) is 33.8 Å². The Balaban J connectivity index is 5.02. The molecule has 16 heteroatoms. The number of nitrogens with zero attached hydrogens (tertiary/aromatic N) is 1. The number of hydrogen-bond acceptors (Lipinski definition) is 8. The third-order valence-corrected chi connectivity index (χ3v) is 4.39. The molecule has 0 aromatic carbocycles. The van der Waals surface area contributed by atoms with Crippen LogP contribution in [0.1, 0.15) is 39.0 Å². The second-order valence-corrected chi connectivity index (χ2v) is 7.42. The summed E-state index contributed by atoms with van der Waals surface area (Å²) in [6.45, 7) is 1.48. The monoisotopic (exact) mass is 487 g/mol. The topological polar surface area (TPSA) is 301 Å². The number of carbonyl (C=O) groups excluding carboxylic acids is 5. The van der Waals surface area contributed by atoms with E-state index in [0.29, 0.717) is 6.42 Å². The molecular weight excluding hydrogens is 454 g/mol. The van der Waals surface area contributed by atoms with E-state index in [1.807, 2.05) is 0 Å². The fourth-order valence-electron chi connectivity index (χ4n) is 2.56. The fraction of sp³-hybridized carbons (Fsp3) is 0.611. The van der Waals surface area contributed by atoms with E-state index >= 15 is 0 Å². The third kappa shape index (κ3) is 12.8. The number of nitrogens with one attached hydrogen (secondary N) is 3. The third-order valence-electron chi connectivity index (χ3n) is 4.39. The van der Waals surface area contributed by atoms with E-state index in [9.17, 15) is 28.8 Å². The minimum atomic E-state index is -1.44. The minimum absolute atomic E-state index is 0.114. The first kappa shape index (κ1) is 30.1. The van der Waals surface area contributed by atoms with Crippen LogP contribution in [-0.2, 0) is 28.8 Å². The summed E-state index contributed by atoms with van der Waals surface area (Å²) in [5.74, 6) is -5.73. The van der Waals surface area contributed by atoms with Gasteiger partial charge in [-0.1, -0.05) is 0 Å². The smallest absolute Gasteiger partial charge is 0.326 e. The second-order valence-electron chi connectivity index (χ2n) is 7.42. The molecule has 0 aromatic rings. The molecule has 4 atom stereocenters. The van der Waals surface area contributed by atoms with Crippen molar-refractivity contribution in [3.05, 3.63) is 0 Å². The average molecular weight is 488 g/mol. The number of amides is 5. The van der Waals surface area contributed by atoms with E-state index in [-0.39, 0.29) is 31.8 Å². The Hall–Kier alpha value is -3.95. The number of nitrogens with two attached hydrogens (primary N) is 5. The van der Waals surface area contributed by atoms with Crippen molar-refractivity contribution < 1.29 is 33.9 Å². The van der Waals surface area contributed by atoms with Crippen LogP contribution < -0.4 is 44.6 Å². The van der Waals surface area contributed by atoms with Gasteiger partial charge in [0.05, 0.1) is 12.5 Å². The first-order chi connectivity index (χ1) is 15.7. The maximum Gasteiger partial charge on any atom is 0.326 e. The molecule has 5 amide bonds. The number of carboxylic acid groups (broad SMARTS) is 1. The van der Waals surface area contributed by atoms with Crippen LogP contribution in [0.25, 0.3) is 0 Å². The summed E-state index contributed by atoms with van der Waals surface area (Å²) in [4.78, 5) is 74.3. The Morgan fingerprint density at radius 3 is 1.91 bits per heavy atom. The van der Waals surface area contributed by atoms with Gasteiger partial charge in [-0.25, -0.2) is 4.79 Å². The molecule has 0 saturated heterocycles. The summed E-state index contributed by atoms with van der Waals surface area (Å²) in [6.07, 6.45) is -0.566. The molecule has 0 fully saturated rings. The number of primary amides is 2. The van der Waals surface area contributed by atoms with Crippen molar-refractivity contribution >= 4 is 41.5 Å². The molecule has 0 aliphatic heterocycles. The highest BCUT2D eigenvalue weighted by atomic mass is 16.4. The summed E-state index contributed by atoms with van der Waals surface area (Å²) in [6, 6.07) is -5.16. The molecule has 0 saturated carbocycles. The van der Waals surface area contributed by atoms with Crippen molar-refractivity contribution in [2.75, 3.05) is 6.54 Å². The molecule has 4 unspecified atom stereocenters. The summed E-state index contributed by atoms with van der Waals surface area (Å²) >= 11 is 0. The Kier molecular flexibility index (Phi) is 13.2. The van der Waals surface area contributed by atoms with Crippen LogP contribution in [0.3, 0.4) is 0 Å². The van der Waals surface area contributed by atoms with Gasteiger partial charge in [-0.2, -0.15) is 0 Å². The standard InChI is InChI=1S/C18H33N9O7/c1-8(14(30)26-10(17(33)34)4-5-12(20)28)25-16(32)11(7-13(21)29)27-15(31)9(19)3-2-6-24-18(22)23/h8-11H,2-7,19H2,1H3,(H2,20,28)(H2,21,29)(H,25,32)(H,26,30)(H,27,31)(H,33,34)(H4,22,23,24). The highest BCUT2D eigenvalue weighted by molar-refractivity contribution is 5.96.